The number of rotatable bonds is 5. The second kappa shape index (κ2) is 4.24. The molecular weight excluding hydrogens is 132 g/mol. The van der Waals surface area contributed by atoms with Crippen molar-refractivity contribution in [3.8, 4) is 0 Å². The number of aliphatic hydroxyl groups is 1. The molecule has 2 N–H and O–H groups in total. The fourth-order valence-electron chi connectivity index (χ4n) is 0.634. The number of likely N-dealkylation sites (N-methyl/N-ethyl adjacent to an activating group) is 1. The normalized spacial score (nSPS) is 11.1. The van der Waals surface area contributed by atoms with Gasteiger partial charge in [-0.3, -0.25) is 4.79 Å². The molecule has 0 aliphatic carbocycles. The van der Waals surface area contributed by atoms with Gasteiger partial charge >= 0.3 is 0 Å². The molecule has 10 heavy (non-hydrogen) atoms. The first-order valence-corrected chi connectivity index (χ1v) is 3.22. The van der Waals surface area contributed by atoms with Gasteiger partial charge in [0.15, 0.2) is 6.67 Å². The molecular formula is C6H15N2O2+. The molecule has 0 spiro atoms. The number of quaternary nitrogens is 1. The number of hydrogen-bond donors (Lipinski definition) is 2. The molecule has 0 saturated heterocycles. The van der Waals surface area contributed by atoms with Crippen LogP contribution in [0.5, 0.6) is 0 Å². The summed E-state index contributed by atoms with van der Waals surface area (Å²) in [4.78, 5) is 9.87. The van der Waals surface area contributed by atoms with Gasteiger partial charge in [-0.15, -0.1) is 0 Å². The molecule has 0 bridgehead atoms. The van der Waals surface area contributed by atoms with Gasteiger partial charge in [0.25, 0.3) is 0 Å². The Hall–Kier alpha value is -0.610. The minimum absolute atomic E-state index is 0.146. The fraction of sp³-hybridized carbons (Fsp3) is 0.833. The van der Waals surface area contributed by atoms with Crippen molar-refractivity contribution in [2.75, 3.05) is 33.9 Å². The smallest absolute Gasteiger partial charge is 0.211 e. The Labute approximate surface area is 61.0 Å². The van der Waals surface area contributed by atoms with E-state index < -0.39 is 0 Å². The van der Waals surface area contributed by atoms with Gasteiger partial charge < -0.3 is 14.9 Å². The summed E-state index contributed by atoms with van der Waals surface area (Å²) in [5.41, 5.74) is 0. The molecule has 0 aliphatic rings. The number of carbonyl (C=O) groups excluding carboxylic acids is 1. The highest BCUT2D eigenvalue weighted by molar-refractivity contribution is 5.45. The van der Waals surface area contributed by atoms with E-state index in [1.54, 1.807) is 0 Å². The molecule has 0 aliphatic heterocycles. The van der Waals surface area contributed by atoms with E-state index >= 15 is 0 Å². The summed E-state index contributed by atoms with van der Waals surface area (Å²) in [7, 11) is 3.87. The van der Waals surface area contributed by atoms with Crippen LogP contribution in [0.25, 0.3) is 0 Å². The molecule has 60 valence electrons. The Balaban J connectivity index is 3.51. The van der Waals surface area contributed by atoms with Crippen molar-refractivity contribution in [3.63, 3.8) is 0 Å². The SMILES string of the molecule is C[N+](C)(CCO)CNC=O. The zero-order valence-electron chi connectivity index (χ0n) is 6.50. The van der Waals surface area contributed by atoms with Gasteiger partial charge in [0.2, 0.25) is 6.41 Å². The van der Waals surface area contributed by atoms with Gasteiger partial charge in [-0.05, 0) is 0 Å². The zero-order chi connectivity index (χ0) is 8.04. The Morgan fingerprint density at radius 3 is 2.60 bits per heavy atom. The molecule has 0 fully saturated rings. The van der Waals surface area contributed by atoms with E-state index in [4.69, 9.17) is 5.11 Å². The van der Waals surface area contributed by atoms with E-state index in [0.717, 1.165) is 0 Å². The van der Waals surface area contributed by atoms with Gasteiger partial charge in [0.1, 0.15) is 6.54 Å². The lowest BCUT2D eigenvalue weighted by Crippen LogP contribution is -2.47. The maximum atomic E-state index is 9.87. The topological polar surface area (TPSA) is 49.3 Å². The maximum absolute atomic E-state index is 9.87. The van der Waals surface area contributed by atoms with Crippen molar-refractivity contribution in [3.05, 3.63) is 0 Å². The molecule has 0 aromatic rings. The van der Waals surface area contributed by atoms with Crippen LogP contribution in [0.15, 0.2) is 0 Å². The summed E-state index contributed by atoms with van der Waals surface area (Å²) in [5.74, 6) is 0. The van der Waals surface area contributed by atoms with Gasteiger partial charge in [-0.2, -0.15) is 0 Å². The zero-order valence-corrected chi connectivity index (χ0v) is 6.50. The first-order valence-electron chi connectivity index (χ1n) is 3.22. The van der Waals surface area contributed by atoms with E-state index in [2.05, 4.69) is 5.32 Å². The average Bonchev–Trinajstić information content (AvgIpc) is 1.84. The van der Waals surface area contributed by atoms with Crippen LogP contribution in [0, 0.1) is 0 Å². The van der Waals surface area contributed by atoms with Crippen molar-refractivity contribution in [2.24, 2.45) is 0 Å². The molecule has 1 amide bonds. The van der Waals surface area contributed by atoms with Gasteiger partial charge in [-0.25, -0.2) is 0 Å². The summed E-state index contributed by atoms with van der Waals surface area (Å²) >= 11 is 0. The Bertz CT molecular complexity index is 104. The predicted octanol–water partition coefficient (Wildman–Crippen LogP) is -1.24. The number of amides is 1. The lowest BCUT2D eigenvalue weighted by Gasteiger charge is -2.27. The Kier molecular flexibility index (Phi) is 3.99. The summed E-state index contributed by atoms with van der Waals surface area (Å²) in [6.45, 7) is 1.36. The fourth-order valence-corrected chi connectivity index (χ4v) is 0.634. The molecule has 0 unspecified atom stereocenters. The summed E-state index contributed by atoms with van der Waals surface area (Å²) in [5, 5.41) is 11.1. The van der Waals surface area contributed by atoms with Crippen molar-refractivity contribution >= 4 is 6.41 Å². The summed E-state index contributed by atoms with van der Waals surface area (Å²) in [6, 6.07) is 0. The Morgan fingerprint density at radius 2 is 2.20 bits per heavy atom. The minimum atomic E-state index is 0.146. The molecule has 0 saturated carbocycles. The lowest BCUT2D eigenvalue weighted by molar-refractivity contribution is -0.892. The standard InChI is InChI=1S/C6H14N2O2/c1-8(2,3-4-9)5-7-6-10/h6,9H,3-5H2,1-2H3/p+1. The second-order valence-electron chi connectivity index (χ2n) is 2.86. The largest absolute Gasteiger partial charge is 0.391 e. The first kappa shape index (κ1) is 9.39. The third-order valence-corrected chi connectivity index (χ3v) is 1.31. The number of aliphatic hydroxyl groups excluding tert-OH is 1. The monoisotopic (exact) mass is 147 g/mol. The number of nitrogens with zero attached hydrogens (tertiary/aromatic N) is 1. The number of hydrogen-bond acceptors (Lipinski definition) is 2. The molecule has 0 radical (unpaired) electrons. The van der Waals surface area contributed by atoms with Crippen LogP contribution in [0.4, 0.5) is 0 Å². The van der Waals surface area contributed by atoms with E-state index in [9.17, 15) is 4.79 Å². The van der Waals surface area contributed by atoms with Crippen LogP contribution in [0.3, 0.4) is 0 Å². The predicted molar refractivity (Wildman–Crippen MR) is 38.1 cm³/mol. The molecule has 0 heterocycles. The van der Waals surface area contributed by atoms with Crippen LogP contribution in [-0.2, 0) is 4.79 Å². The van der Waals surface area contributed by atoms with Crippen molar-refractivity contribution in [2.45, 2.75) is 0 Å². The molecule has 0 aromatic carbocycles. The van der Waals surface area contributed by atoms with Crippen molar-refractivity contribution in [1.29, 1.82) is 0 Å². The van der Waals surface area contributed by atoms with Crippen LogP contribution in [0.2, 0.25) is 0 Å². The second-order valence-corrected chi connectivity index (χ2v) is 2.86. The molecule has 0 aromatic heterocycles. The molecule has 4 nitrogen and oxygen atoms in total. The lowest BCUT2D eigenvalue weighted by atomic mass is 10.5. The van der Waals surface area contributed by atoms with Crippen molar-refractivity contribution in [1.82, 2.24) is 5.32 Å². The highest BCUT2D eigenvalue weighted by Gasteiger charge is 2.11. The van der Waals surface area contributed by atoms with Crippen LogP contribution < -0.4 is 5.32 Å². The highest BCUT2D eigenvalue weighted by Crippen LogP contribution is 1.90. The van der Waals surface area contributed by atoms with Gasteiger partial charge in [0, 0.05) is 0 Å². The van der Waals surface area contributed by atoms with E-state index in [-0.39, 0.29) is 6.61 Å². The average molecular weight is 147 g/mol. The van der Waals surface area contributed by atoms with E-state index in [1.807, 2.05) is 14.1 Å². The highest BCUT2D eigenvalue weighted by atomic mass is 16.3. The first-order chi connectivity index (χ1) is 4.62. The molecule has 0 atom stereocenters. The van der Waals surface area contributed by atoms with Gasteiger partial charge in [0.05, 0.1) is 20.7 Å². The third-order valence-electron chi connectivity index (χ3n) is 1.31. The van der Waals surface area contributed by atoms with E-state index in [0.29, 0.717) is 24.1 Å². The number of carbonyl (C=O) groups is 1. The van der Waals surface area contributed by atoms with Gasteiger partial charge in [-0.1, -0.05) is 0 Å². The maximum Gasteiger partial charge on any atom is 0.211 e. The van der Waals surface area contributed by atoms with Crippen LogP contribution in [0.1, 0.15) is 0 Å². The number of nitrogens with one attached hydrogen (secondary N) is 1. The quantitative estimate of drug-likeness (QED) is 0.290. The molecule has 4 heteroatoms. The third kappa shape index (κ3) is 4.29. The molecule has 0 rings (SSSR count). The van der Waals surface area contributed by atoms with Crippen LogP contribution in [-0.4, -0.2) is 49.9 Å². The van der Waals surface area contributed by atoms with Crippen LogP contribution >= 0.6 is 0 Å². The van der Waals surface area contributed by atoms with Crippen molar-refractivity contribution < 1.29 is 14.4 Å². The summed E-state index contributed by atoms with van der Waals surface area (Å²) < 4.78 is 0.606. The Morgan fingerprint density at radius 1 is 1.60 bits per heavy atom. The van der Waals surface area contributed by atoms with E-state index in [1.165, 1.54) is 0 Å². The minimum Gasteiger partial charge on any atom is -0.391 e. The summed E-state index contributed by atoms with van der Waals surface area (Å²) in [6.07, 6.45) is 0.664.